The number of anilines is 1. The summed E-state index contributed by atoms with van der Waals surface area (Å²) in [6.45, 7) is 6.54. The van der Waals surface area contributed by atoms with Gasteiger partial charge in [0.15, 0.2) is 5.13 Å². The third kappa shape index (κ3) is 3.62. The molecule has 2 rings (SSSR count). The van der Waals surface area contributed by atoms with Crippen molar-refractivity contribution in [3.05, 3.63) is 11.1 Å². The van der Waals surface area contributed by atoms with Crippen LogP contribution in [0.15, 0.2) is 5.38 Å². The van der Waals surface area contributed by atoms with E-state index in [1.165, 1.54) is 0 Å². The summed E-state index contributed by atoms with van der Waals surface area (Å²) in [5.41, 5.74) is 0.899. The van der Waals surface area contributed by atoms with Crippen molar-refractivity contribution in [3.8, 4) is 0 Å². The second kappa shape index (κ2) is 5.93. The Bertz CT molecular complexity index is 412. The zero-order chi connectivity index (χ0) is 13.1. The van der Waals surface area contributed by atoms with Crippen LogP contribution >= 0.6 is 23.1 Å². The Morgan fingerprint density at radius 1 is 1.50 bits per heavy atom. The van der Waals surface area contributed by atoms with Crippen molar-refractivity contribution in [1.82, 2.24) is 4.98 Å². The molecular formula is C12H18N2O2S2. The Kier molecular flexibility index (Phi) is 4.50. The third-order valence-electron chi connectivity index (χ3n) is 2.82. The fraction of sp³-hybridized carbons (Fsp3) is 0.667. The van der Waals surface area contributed by atoms with E-state index in [0.29, 0.717) is 16.9 Å². The molecule has 0 bridgehead atoms. The van der Waals surface area contributed by atoms with E-state index < -0.39 is 5.97 Å². The van der Waals surface area contributed by atoms with Gasteiger partial charge in [0, 0.05) is 35.4 Å². The van der Waals surface area contributed by atoms with Crippen LogP contribution in [0.2, 0.25) is 0 Å². The molecule has 0 saturated carbocycles. The van der Waals surface area contributed by atoms with E-state index in [1.807, 2.05) is 17.1 Å². The van der Waals surface area contributed by atoms with Gasteiger partial charge in [-0.3, -0.25) is 4.79 Å². The van der Waals surface area contributed by atoms with Gasteiger partial charge in [0.1, 0.15) is 0 Å². The van der Waals surface area contributed by atoms with Crippen LogP contribution in [0, 0.1) is 0 Å². The van der Waals surface area contributed by atoms with E-state index >= 15 is 0 Å². The maximum atomic E-state index is 10.5. The molecule has 1 saturated heterocycles. The van der Waals surface area contributed by atoms with Crippen LogP contribution in [-0.2, 0) is 11.2 Å². The van der Waals surface area contributed by atoms with Crippen molar-refractivity contribution in [2.24, 2.45) is 0 Å². The summed E-state index contributed by atoms with van der Waals surface area (Å²) in [5.74, 6) is -0.763. The largest absolute Gasteiger partial charge is 0.481 e. The van der Waals surface area contributed by atoms with Crippen LogP contribution in [0.1, 0.15) is 26.0 Å². The van der Waals surface area contributed by atoms with E-state index in [1.54, 1.807) is 11.3 Å². The highest BCUT2D eigenvalue weighted by molar-refractivity contribution is 8.00. The first-order valence-electron chi connectivity index (χ1n) is 6.11. The highest BCUT2D eigenvalue weighted by Gasteiger charge is 2.24. The van der Waals surface area contributed by atoms with Crippen molar-refractivity contribution in [3.63, 3.8) is 0 Å². The van der Waals surface area contributed by atoms with Gasteiger partial charge in [0.05, 0.1) is 12.1 Å². The number of carbonyl (C=O) groups is 1. The molecule has 0 amide bonds. The fourth-order valence-electron chi connectivity index (χ4n) is 2.13. The molecule has 1 N–H and O–H groups in total. The van der Waals surface area contributed by atoms with Gasteiger partial charge in [0.25, 0.3) is 0 Å². The monoisotopic (exact) mass is 286 g/mol. The minimum absolute atomic E-state index is 0.159. The van der Waals surface area contributed by atoms with E-state index in [-0.39, 0.29) is 6.42 Å². The minimum Gasteiger partial charge on any atom is -0.481 e. The fourth-order valence-corrected chi connectivity index (χ4v) is 4.33. The van der Waals surface area contributed by atoms with E-state index in [4.69, 9.17) is 5.11 Å². The van der Waals surface area contributed by atoms with Gasteiger partial charge in [-0.05, 0) is 0 Å². The number of aryl methyl sites for hydroxylation is 1. The van der Waals surface area contributed by atoms with Gasteiger partial charge in [-0.2, -0.15) is 11.8 Å². The number of aliphatic carboxylic acids is 1. The average Bonchev–Trinajstić information content (AvgIpc) is 2.73. The first-order valence-corrected chi connectivity index (χ1v) is 7.93. The number of carboxylic acids is 1. The highest BCUT2D eigenvalue weighted by Crippen LogP contribution is 2.30. The molecule has 1 fully saturated rings. The van der Waals surface area contributed by atoms with Crippen LogP contribution < -0.4 is 4.90 Å². The number of hydrogen-bond acceptors (Lipinski definition) is 5. The topological polar surface area (TPSA) is 53.4 Å². The van der Waals surface area contributed by atoms with Gasteiger partial charge < -0.3 is 10.0 Å². The zero-order valence-electron chi connectivity index (χ0n) is 10.6. The molecule has 1 aliphatic heterocycles. The standard InChI is InChI=1S/C12H18N2O2S2/c1-8-5-14(6-9(2)18-8)12-13-10(7-17-12)3-4-11(15)16/h7-9H,3-6H2,1-2H3,(H,15,16). The first-order chi connectivity index (χ1) is 8.54. The summed E-state index contributed by atoms with van der Waals surface area (Å²) in [7, 11) is 0. The Morgan fingerprint density at radius 3 is 2.78 bits per heavy atom. The Labute approximate surface area is 115 Å². The molecule has 0 aliphatic carbocycles. The lowest BCUT2D eigenvalue weighted by molar-refractivity contribution is -0.136. The summed E-state index contributed by atoms with van der Waals surface area (Å²) in [5, 5.41) is 12.9. The lowest BCUT2D eigenvalue weighted by atomic mass is 10.2. The van der Waals surface area contributed by atoms with Crippen molar-refractivity contribution in [2.75, 3.05) is 18.0 Å². The maximum Gasteiger partial charge on any atom is 0.303 e. The maximum absolute atomic E-state index is 10.5. The summed E-state index contributed by atoms with van der Waals surface area (Å²) in [4.78, 5) is 17.4. The number of thiazole rings is 1. The summed E-state index contributed by atoms with van der Waals surface area (Å²) in [6, 6.07) is 0. The molecule has 2 heterocycles. The van der Waals surface area contributed by atoms with Gasteiger partial charge in [0.2, 0.25) is 0 Å². The summed E-state index contributed by atoms with van der Waals surface area (Å²) in [6.07, 6.45) is 0.686. The second-order valence-corrected chi connectivity index (χ2v) is 7.40. The molecule has 1 aromatic heterocycles. The predicted molar refractivity (Wildman–Crippen MR) is 76.8 cm³/mol. The zero-order valence-corrected chi connectivity index (χ0v) is 12.3. The van der Waals surface area contributed by atoms with Gasteiger partial charge in [-0.15, -0.1) is 11.3 Å². The summed E-state index contributed by atoms with van der Waals surface area (Å²) >= 11 is 3.64. The average molecular weight is 286 g/mol. The predicted octanol–water partition coefficient (Wildman–Crippen LogP) is 2.49. The minimum atomic E-state index is -0.763. The summed E-state index contributed by atoms with van der Waals surface area (Å²) < 4.78 is 0. The molecule has 0 radical (unpaired) electrons. The van der Waals surface area contributed by atoms with Crippen LogP contribution in [-0.4, -0.2) is 39.6 Å². The van der Waals surface area contributed by atoms with Crippen molar-refractivity contribution in [1.29, 1.82) is 0 Å². The van der Waals surface area contributed by atoms with E-state index in [0.717, 1.165) is 23.9 Å². The lowest BCUT2D eigenvalue weighted by Gasteiger charge is -2.34. The van der Waals surface area contributed by atoms with Gasteiger partial charge >= 0.3 is 5.97 Å². The molecule has 2 unspecified atom stereocenters. The molecule has 1 aliphatic rings. The molecule has 1 aromatic rings. The number of thioether (sulfide) groups is 1. The number of carboxylic acid groups (broad SMARTS) is 1. The number of rotatable bonds is 4. The number of nitrogens with zero attached hydrogens (tertiary/aromatic N) is 2. The Morgan fingerprint density at radius 2 is 2.17 bits per heavy atom. The highest BCUT2D eigenvalue weighted by atomic mass is 32.2. The Hall–Kier alpha value is -0.750. The molecule has 6 heteroatoms. The number of aromatic nitrogens is 1. The van der Waals surface area contributed by atoms with E-state index in [9.17, 15) is 4.79 Å². The smallest absolute Gasteiger partial charge is 0.303 e. The van der Waals surface area contributed by atoms with Crippen molar-refractivity contribution >= 4 is 34.2 Å². The molecule has 0 spiro atoms. The molecule has 18 heavy (non-hydrogen) atoms. The lowest BCUT2D eigenvalue weighted by Crippen LogP contribution is -2.40. The molecule has 4 nitrogen and oxygen atoms in total. The normalized spacial score (nSPS) is 24.2. The molecule has 2 atom stereocenters. The van der Waals surface area contributed by atoms with Crippen LogP contribution in [0.4, 0.5) is 5.13 Å². The second-order valence-electron chi connectivity index (χ2n) is 4.68. The van der Waals surface area contributed by atoms with Crippen LogP contribution in [0.25, 0.3) is 0 Å². The van der Waals surface area contributed by atoms with Crippen molar-refractivity contribution < 1.29 is 9.90 Å². The molecule has 0 aromatic carbocycles. The number of hydrogen-bond donors (Lipinski definition) is 1. The molecule has 100 valence electrons. The Balaban J connectivity index is 1.98. The van der Waals surface area contributed by atoms with Gasteiger partial charge in [-0.25, -0.2) is 4.98 Å². The van der Waals surface area contributed by atoms with Crippen LogP contribution in [0.5, 0.6) is 0 Å². The first kappa shape index (κ1) is 13.7. The van der Waals surface area contributed by atoms with Crippen molar-refractivity contribution in [2.45, 2.75) is 37.2 Å². The molecular weight excluding hydrogens is 268 g/mol. The van der Waals surface area contributed by atoms with E-state index in [2.05, 4.69) is 23.7 Å². The SMILES string of the molecule is CC1CN(c2nc(CCC(=O)O)cs2)CC(C)S1. The quantitative estimate of drug-likeness (QED) is 0.921. The van der Waals surface area contributed by atoms with Crippen LogP contribution in [0.3, 0.4) is 0 Å². The third-order valence-corrected chi connectivity index (χ3v) is 5.00. The van der Waals surface area contributed by atoms with Gasteiger partial charge in [-0.1, -0.05) is 13.8 Å².